The maximum Gasteiger partial charge on any atom is 0.220 e. The van der Waals surface area contributed by atoms with Gasteiger partial charge in [-0.1, -0.05) is 0 Å². The van der Waals surface area contributed by atoms with Gasteiger partial charge in [-0.15, -0.1) is 0 Å². The van der Waals surface area contributed by atoms with E-state index in [1.54, 1.807) is 0 Å². The minimum Gasteiger partial charge on any atom is -0.355 e. The van der Waals surface area contributed by atoms with E-state index in [0.717, 1.165) is 19.5 Å². The van der Waals surface area contributed by atoms with Crippen molar-refractivity contribution in [2.45, 2.75) is 32.2 Å². The molecule has 2 heterocycles. The van der Waals surface area contributed by atoms with Crippen molar-refractivity contribution in [3.8, 4) is 0 Å². The molecular formula is C9H16N2O. The molecule has 68 valence electrons. The van der Waals surface area contributed by atoms with Gasteiger partial charge in [0.15, 0.2) is 0 Å². The molecular weight excluding hydrogens is 152 g/mol. The van der Waals surface area contributed by atoms with Gasteiger partial charge in [-0.2, -0.15) is 0 Å². The van der Waals surface area contributed by atoms with E-state index in [1.165, 1.54) is 12.8 Å². The summed E-state index contributed by atoms with van der Waals surface area (Å²) >= 11 is 0. The van der Waals surface area contributed by atoms with Crippen LogP contribution in [0, 0.1) is 5.41 Å². The summed E-state index contributed by atoms with van der Waals surface area (Å²) < 4.78 is 0. The summed E-state index contributed by atoms with van der Waals surface area (Å²) in [7, 11) is 0. The molecule has 12 heavy (non-hydrogen) atoms. The predicted molar refractivity (Wildman–Crippen MR) is 46.8 cm³/mol. The van der Waals surface area contributed by atoms with Crippen LogP contribution >= 0.6 is 0 Å². The largest absolute Gasteiger partial charge is 0.355 e. The number of carbonyl (C=O) groups is 1. The van der Waals surface area contributed by atoms with Gasteiger partial charge in [0, 0.05) is 31.0 Å². The Morgan fingerprint density at radius 2 is 2.33 bits per heavy atom. The molecule has 0 radical (unpaired) electrons. The summed E-state index contributed by atoms with van der Waals surface area (Å²) in [5.74, 6) is 0.228. The standard InChI is InChI=1S/C9H16N2O/c1-7-2-3-9(5-10-7)4-8(12)11-6-9/h7,10H,2-6H2,1H3,(H,11,12). The average Bonchev–Trinajstić information content (AvgIpc) is 2.40. The van der Waals surface area contributed by atoms with Gasteiger partial charge in [0.1, 0.15) is 0 Å². The Kier molecular flexibility index (Phi) is 1.83. The van der Waals surface area contributed by atoms with Gasteiger partial charge in [-0.3, -0.25) is 4.79 Å². The van der Waals surface area contributed by atoms with Gasteiger partial charge in [0.2, 0.25) is 5.91 Å². The lowest BCUT2D eigenvalue weighted by Gasteiger charge is -2.35. The third kappa shape index (κ3) is 1.33. The highest BCUT2D eigenvalue weighted by molar-refractivity contribution is 5.79. The van der Waals surface area contributed by atoms with Crippen LogP contribution in [0.15, 0.2) is 0 Å². The van der Waals surface area contributed by atoms with E-state index in [0.29, 0.717) is 6.04 Å². The molecule has 3 heteroatoms. The normalized spacial score (nSPS) is 41.8. The molecule has 2 aliphatic rings. The van der Waals surface area contributed by atoms with E-state index in [9.17, 15) is 4.79 Å². The smallest absolute Gasteiger partial charge is 0.220 e. The zero-order valence-corrected chi connectivity index (χ0v) is 7.52. The van der Waals surface area contributed by atoms with E-state index in [4.69, 9.17) is 0 Å². The van der Waals surface area contributed by atoms with E-state index < -0.39 is 0 Å². The molecule has 2 fully saturated rings. The summed E-state index contributed by atoms with van der Waals surface area (Å²) in [6.45, 7) is 4.09. The monoisotopic (exact) mass is 168 g/mol. The predicted octanol–water partition coefficient (Wildman–Crippen LogP) is 0.265. The number of rotatable bonds is 0. The van der Waals surface area contributed by atoms with Crippen molar-refractivity contribution in [1.82, 2.24) is 10.6 Å². The minimum absolute atomic E-state index is 0.228. The summed E-state index contributed by atoms with van der Waals surface area (Å²) in [4.78, 5) is 11.1. The van der Waals surface area contributed by atoms with Crippen LogP contribution in [0.2, 0.25) is 0 Å². The lowest BCUT2D eigenvalue weighted by atomic mass is 9.78. The number of carbonyl (C=O) groups excluding carboxylic acids is 1. The van der Waals surface area contributed by atoms with Crippen molar-refractivity contribution in [2.75, 3.05) is 13.1 Å². The Morgan fingerprint density at radius 3 is 2.83 bits per heavy atom. The van der Waals surface area contributed by atoms with Crippen molar-refractivity contribution in [3.05, 3.63) is 0 Å². The van der Waals surface area contributed by atoms with Gasteiger partial charge in [-0.05, 0) is 19.8 Å². The molecule has 2 rings (SSSR count). The van der Waals surface area contributed by atoms with Crippen molar-refractivity contribution < 1.29 is 4.79 Å². The van der Waals surface area contributed by atoms with Crippen LogP contribution in [0.1, 0.15) is 26.2 Å². The lowest BCUT2D eigenvalue weighted by molar-refractivity contribution is -0.119. The van der Waals surface area contributed by atoms with Gasteiger partial charge in [0.05, 0.1) is 0 Å². The lowest BCUT2D eigenvalue weighted by Crippen LogP contribution is -2.45. The van der Waals surface area contributed by atoms with E-state index in [2.05, 4.69) is 17.6 Å². The topological polar surface area (TPSA) is 41.1 Å². The minimum atomic E-state index is 0.228. The molecule has 2 aliphatic heterocycles. The fourth-order valence-electron chi connectivity index (χ4n) is 2.16. The van der Waals surface area contributed by atoms with Crippen LogP contribution < -0.4 is 10.6 Å². The molecule has 0 bridgehead atoms. The zero-order valence-electron chi connectivity index (χ0n) is 7.52. The first kappa shape index (κ1) is 8.05. The molecule has 2 saturated heterocycles. The fourth-order valence-corrected chi connectivity index (χ4v) is 2.16. The Bertz CT molecular complexity index is 195. The molecule has 0 saturated carbocycles. The molecule has 2 N–H and O–H groups in total. The van der Waals surface area contributed by atoms with Crippen LogP contribution in [0.4, 0.5) is 0 Å². The number of hydrogen-bond donors (Lipinski definition) is 2. The Hall–Kier alpha value is -0.570. The molecule has 0 aromatic carbocycles. The highest BCUT2D eigenvalue weighted by Crippen LogP contribution is 2.34. The molecule has 1 amide bonds. The van der Waals surface area contributed by atoms with Crippen molar-refractivity contribution in [3.63, 3.8) is 0 Å². The summed E-state index contributed by atoms with van der Waals surface area (Å²) in [6, 6.07) is 0.631. The SMILES string of the molecule is CC1CCC2(CNC(=O)C2)CN1. The summed E-state index contributed by atoms with van der Waals surface area (Å²) in [6.07, 6.45) is 3.13. The Morgan fingerprint density at radius 1 is 1.50 bits per heavy atom. The molecule has 3 nitrogen and oxygen atoms in total. The second kappa shape index (κ2) is 2.73. The number of nitrogens with one attached hydrogen (secondary N) is 2. The van der Waals surface area contributed by atoms with Crippen molar-refractivity contribution >= 4 is 5.91 Å². The highest BCUT2D eigenvalue weighted by Gasteiger charge is 2.40. The summed E-state index contributed by atoms with van der Waals surface area (Å²) in [5, 5.41) is 6.36. The summed E-state index contributed by atoms with van der Waals surface area (Å²) in [5.41, 5.74) is 0.254. The molecule has 2 atom stereocenters. The van der Waals surface area contributed by atoms with Crippen LogP contribution in [-0.2, 0) is 4.79 Å². The van der Waals surface area contributed by atoms with E-state index >= 15 is 0 Å². The molecule has 0 aromatic heterocycles. The fraction of sp³-hybridized carbons (Fsp3) is 0.889. The highest BCUT2D eigenvalue weighted by atomic mass is 16.1. The van der Waals surface area contributed by atoms with Crippen molar-refractivity contribution in [1.29, 1.82) is 0 Å². The first-order chi connectivity index (χ1) is 5.70. The van der Waals surface area contributed by atoms with Crippen LogP contribution in [0.25, 0.3) is 0 Å². The van der Waals surface area contributed by atoms with Crippen LogP contribution in [0.5, 0.6) is 0 Å². The van der Waals surface area contributed by atoms with Crippen LogP contribution in [0.3, 0.4) is 0 Å². The first-order valence-electron chi connectivity index (χ1n) is 4.70. The molecule has 0 aliphatic carbocycles. The van der Waals surface area contributed by atoms with E-state index in [1.807, 2.05) is 0 Å². The quantitative estimate of drug-likeness (QED) is 0.545. The Labute approximate surface area is 72.9 Å². The zero-order chi connectivity index (χ0) is 8.60. The molecule has 2 unspecified atom stereocenters. The molecule has 0 aromatic rings. The van der Waals surface area contributed by atoms with Gasteiger partial charge >= 0.3 is 0 Å². The Balaban J connectivity index is 1.99. The van der Waals surface area contributed by atoms with Gasteiger partial charge < -0.3 is 10.6 Å². The van der Waals surface area contributed by atoms with Crippen LogP contribution in [-0.4, -0.2) is 25.0 Å². The number of amides is 1. The number of hydrogen-bond acceptors (Lipinski definition) is 2. The third-order valence-corrected chi connectivity index (χ3v) is 3.13. The second-order valence-corrected chi connectivity index (χ2v) is 4.27. The first-order valence-corrected chi connectivity index (χ1v) is 4.70. The van der Waals surface area contributed by atoms with Gasteiger partial charge in [0.25, 0.3) is 0 Å². The maximum atomic E-state index is 11.1. The second-order valence-electron chi connectivity index (χ2n) is 4.27. The average molecular weight is 168 g/mol. The molecule has 1 spiro atoms. The van der Waals surface area contributed by atoms with Gasteiger partial charge in [-0.25, -0.2) is 0 Å². The third-order valence-electron chi connectivity index (χ3n) is 3.13. The van der Waals surface area contributed by atoms with E-state index in [-0.39, 0.29) is 11.3 Å². The maximum absolute atomic E-state index is 11.1. The van der Waals surface area contributed by atoms with Crippen molar-refractivity contribution in [2.24, 2.45) is 5.41 Å². The number of piperidine rings is 1.